The Morgan fingerprint density at radius 1 is 1.05 bits per heavy atom. The fourth-order valence-corrected chi connectivity index (χ4v) is 4.71. The van der Waals surface area contributed by atoms with E-state index in [0.29, 0.717) is 17.9 Å². The van der Waals surface area contributed by atoms with Crippen LogP contribution in [0.1, 0.15) is 15.9 Å². The van der Waals surface area contributed by atoms with Gasteiger partial charge in [-0.15, -0.1) is 0 Å². The maximum absolute atomic E-state index is 12.9. The summed E-state index contributed by atoms with van der Waals surface area (Å²) in [5, 5.41) is 12.0. The zero-order valence-electron chi connectivity index (χ0n) is 19.9. The first-order valence-electron chi connectivity index (χ1n) is 11.1. The molecule has 0 saturated heterocycles. The Balaban J connectivity index is 1.44. The second kappa shape index (κ2) is 11.4. The molecule has 1 amide bonds. The molecule has 0 unspecified atom stereocenters. The molecule has 1 aliphatic rings. The highest BCUT2D eigenvalue weighted by atomic mass is 35.5. The number of halogens is 3. The lowest BCUT2D eigenvalue weighted by molar-refractivity contribution is -0.136. The van der Waals surface area contributed by atoms with E-state index >= 15 is 0 Å². The van der Waals surface area contributed by atoms with Crippen molar-refractivity contribution in [3.8, 4) is 17.2 Å². The zero-order valence-corrected chi connectivity index (χ0v) is 22.2. The number of ether oxygens (including phenoxy) is 3. The van der Waals surface area contributed by atoms with Crippen molar-refractivity contribution in [2.75, 3.05) is 37.5 Å². The normalized spacial score (nSPS) is 14.4. The molecule has 0 aromatic heterocycles. The third-order valence-electron chi connectivity index (χ3n) is 5.66. The summed E-state index contributed by atoms with van der Waals surface area (Å²) < 4.78 is 17.2. The molecule has 1 aliphatic heterocycles. The quantitative estimate of drug-likeness (QED) is 0.356. The number of carboxylic acid groups (broad SMARTS) is 1. The Kier molecular flexibility index (Phi) is 8.22. The van der Waals surface area contributed by atoms with Crippen LogP contribution < -0.4 is 24.4 Å². The summed E-state index contributed by atoms with van der Waals surface area (Å²) in [5.74, 6) is 0.237. The van der Waals surface area contributed by atoms with Gasteiger partial charge in [0.05, 0.1) is 52.1 Å². The van der Waals surface area contributed by atoms with Gasteiger partial charge in [0, 0.05) is 13.1 Å². The molecule has 3 aromatic rings. The molecule has 2 N–H and O–H groups in total. The molecule has 0 aliphatic carbocycles. The number of methoxy groups -OCH3 is 1. The van der Waals surface area contributed by atoms with E-state index in [0.717, 1.165) is 17.2 Å². The summed E-state index contributed by atoms with van der Waals surface area (Å²) in [6.45, 7) is 0.809. The van der Waals surface area contributed by atoms with E-state index in [9.17, 15) is 9.59 Å². The number of likely N-dealkylation sites (N-methyl/N-ethyl adjacent to an activating group) is 1. The number of hydrogen-bond donors (Lipinski definition) is 2. The Morgan fingerprint density at radius 3 is 2.46 bits per heavy atom. The molecule has 0 bridgehead atoms. The van der Waals surface area contributed by atoms with Gasteiger partial charge < -0.3 is 29.5 Å². The molecular weight excluding hydrogens is 543 g/mol. The summed E-state index contributed by atoms with van der Waals surface area (Å²) in [6.07, 6.45) is -0.472. The first-order valence-corrected chi connectivity index (χ1v) is 12.3. The second-order valence-corrected chi connectivity index (χ2v) is 9.59. The lowest BCUT2D eigenvalue weighted by Gasteiger charge is -2.33. The molecule has 8 nitrogen and oxygen atoms in total. The van der Waals surface area contributed by atoms with E-state index in [-0.39, 0.29) is 45.5 Å². The largest absolute Gasteiger partial charge is 0.497 e. The number of amides is 1. The van der Waals surface area contributed by atoms with Crippen LogP contribution in [0, 0.1) is 0 Å². The smallest absolute Gasteiger partial charge is 0.307 e. The predicted molar refractivity (Wildman–Crippen MR) is 143 cm³/mol. The Labute approximate surface area is 228 Å². The molecule has 3 aromatic carbocycles. The Morgan fingerprint density at radius 2 is 1.78 bits per heavy atom. The monoisotopic (exact) mass is 564 g/mol. The van der Waals surface area contributed by atoms with Gasteiger partial charge in [0.15, 0.2) is 0 Å². The first-order chi connectivity index (χ1) is 17.6. The average Bonchev–Trinajstić information content (AvgIpc) is 2.84. The number of rotatable bonds is 8. The van der Waals surface area contributed by atoms with E-state index in [1.807, 2.05) is 25.2 Å². The number of carboxylic acids is 1. The van der Waals surface area contributed by atoms with E-state index in [2.05, 4.69) is 10.2 Å². The third kappa shape index (κ3) is 6.33. The van der Waals surface area contributed by atoms with Crippen molar-refractivity contribution in [3.05, 3.63) is 74.7 Å². The van der Waals surface area contributed by atoms with Crippen molar-refractivity contribution >= 4 is 58.1 Å². The summed E-state index contributed by atoms with van der Waals surface area (Å²) in [6, 6.07) is 13.1. The lowest BCUT2D eigenvalue weighted by Crippen LogP contribution is -2.41. The molecule has 0 spiro atoms. The highest BCUT2D eigenvalue weighted by Crippen LogP contribution is 2.36. The van der Waals surface area contributed by atoms with Crippen LogP contribution in [0.25, 0.3) is 0 Å². The van der Waals surface area contributed by atoms with Gasteiger partial charge in [-0.05, 0) is 42.0 Å². The first kappa shape index (κ1) is 26.7. The molecule has 11 heteroatoms. The van der Waals surface area contributed by atoms with Crippen LogP contribution in [0.3, 0.4) is 0 Å². The number of nitrogens with zero attached hydrogens (tertiary/aromatic N) is 1. The van der Waals surface area contributed by atoms with Gasteiger partial charge in [-0.1, -0.05) is 40.9 Å². The molecular formula is C26H23Cl3N2O6. The van der Waals surface area contributed by atoms with Crippen LogP contribution >= 0.6 is 34.8 Å². The number of nitrogens with one attached hydrogen (secondary N) is 1. The second-order valence-electron chi connectivity index (χ2n) is 8.37. The van der Waals surface area contributed by atoms with Crippen LogP contribution in [0.15, 0.2) is 48.5 Å². The Hall–Kier alpha value is -3.33. The summed E-state index contributed by atoms with van der Waals surface area (Å²) in [7, 11) is 3.57. The van der Waals surface area contributed by atoms with Gasteiger partial charge in [-0.25, -0.2) is 0 Å². The molecule has 194 valence electrons. The van der Waals surface area contributed by atoms with Crippen LogP contribution in [-0.2, 0) is 11.2 Å². The van der Waals surface area contributed by atoms with Gasteiger partial charge in [0.2, 0.25) is 0 Å². The van der Waals surface area contributed by atoms with Gasteiger partial charge >= 0.3 is 5.97 Å². The number of anilines is 2. The molecule has 0 saturated carbocycles. The van der Waals surface area contributed by atoms with Crippen LogP contribution in [0.5, 0.6) is 17.2 Å². The van der Waals surface area contributed by atoms with Crippen molar-refractivity contribution in [2.45, 2.75) is 12.5 Å². The number of fused-ring (bicyclic) bond motifs is 1. The van der Waals surface area contributed by atoms with Crippen molar-refractivity contribution < 1.29 is 28.9 Å². The lowest BCUT2D eigenvalue weighted by atomic mass is 10.1. The van der Waals surface area contributed by atoms with Gasteiger partial charge in [-0.3, -0.25) is 9.59 Å². The van der Waals surface area contributed by atoms with Crippen molar-refractivity contribution in [3.63, 3.8) is 0 Å². The van der Waals surface area contributed by atoms with Crippen LogP contribution in [0.2, 0.25) is 15.1 Å². The maximum atomic E-state index is 12.9. The number of carbonyl (C=O) groups is 2. The SMILES string of the molecule is COc1ccc2c(c1)N(C)C[C@@H](COc1cc(Cl)c(C(=O)Nc3cc(CC(=O)O)ccc3Cl)c(Cl)c1)O2. The van der Waals surface area contributed by atoms with Crippen molar-refractivity contribution in [2.24, 2.45) is 0 Å². The molecule has 1 heterocycles. The minimum Gasteiger partial charge on any atom is -0.497 e. The number of hydrogen-bond acceptors (Lipinski definition) is 6. The fraction of sp³-hybridized carbons (Fsp3) is 0.231. The molecule has 37 heavy (non-hydrogen) atoms. The summed E-state index contributed by atoms with van der Waals surface area (Å²) in [4.78, 5) is 26.0. The summed E-state index contributed by atoms with van der Waals surface area (Å²) >= 11 is 18.9. The van der Waals surface area contributed by atoms with E-state index in [1.165, 1.54) is 24.3 Å². The molecule has 0 radical (unpaired) electrons. The van der Waals surface area contributed by atoms with E-state index in [4.69, 9.17) is 54.1 Å². The summed E-state index contributed by atoms with van der Waals surface area (Å²) in [5.41, 5.74) is 1.68. The third-order valence-corrected chi connectivity index (χ3v) is 6.59. The standard InChI is InChI=1S/C26H23Cl3N2O6/c1-31-12-17(37-23-6-4-15(35-2)11-22(23)31)13-36-16-9-19(28)25(20(29)10-16)26(34)30-21-7-14(8-24(32)33)3-5-18(21)27/h3-7,9-11,17H,8,12-13H2,1-2H3,(H,30,34)(H,32,33)/t17-/m0/s1. The average molecular weight is 566 g/mol. The predicted octanol–water partition coefficient (Wildman–Crippen LogP) is 5.81. The van der Waals surface area contributed by atoms with Gasteiger partial charge in [0.1, 0.15) is 30.0 Å². The topological polar surface area (TPSA) is 97.3 Å². The minimum absolute atomic E-state index is 0.0342. The number of aliphatic carboxylic acids is 1. The fourth-order valence-electron chi connectivity index (χ4n) is 3.91. The molecule has 0 fully saturated rings. The van der Waals surface area contributed by atoms with E-state index < -0.39 is 11.9 Å². The maximum Gasteiger partial charge on any atom is 0.307 e. The van der Waals surface area contributed by atoms with Gasteiger partial charge in [0.25, 0.3) is 5.91 Å². The zero-order chi connectivity index (χ0) is 26.7. The van der Waals surface area contributed by atoms with Crippen molar-refractivity contribution in [1.82, 2.24) is 0 Å². The van der Waals surface area contributed by atoms with E-state index in [1.54, 1.807) is 13.2 Å². The highest BCUT2D eigenvalue weighted by Gasteiger charge is 2.25. The highest BCUT2D eigenvalue weighted by molar-refractivity contribution is 6.41. The van der Waals surface area contributed by atoms with Crippen LogP contribution in [-0.4, -0.2) is 50.4 Å². The minimum atomic E-state index is -1.00. The van der Waals surface area contributed by atoms with Crippen molar-refractivity contribution in [1.29, 1.82) is 0 Å². The molecule has 1 atom stereocenters. The van der Waals surface area contributed by atoms with Gasteiger partial charge in [-0.2, -0.15) is 0 Å². The Bertz CT molecular complexity index is 1330. The molecule has 4 rings (SSSR count). The van der Waals surface area contributed by atoms with Crippen LogP contribution in [0.4, 0.5) is 11.4 Å². The number of carbonyl (C=O) groups excluding carboxylic acids is 1. The number of benzene rings is 3.